The van der Waals surface area contributed by atoms with Crippen molar-refractivity contribution in [2.24, 2.45) is 0 Å². The van der Waals surface area contributed by atoms with E-state index in [1.807, 2.05) is 57.2 Å². The second kappa shape index (κ2) is 9.40. The molecule has 0 unspecified atom stereocenters. The van der Waals surface area contributed by atoms with Crippen molar-refractivity contribution >= 4 is 39.0 Å². The zero-order chi connectivity index (χ0) is 25.4. The molecule has 0 bridgehead atoms. The number of sulfonamides is 1. The number of thiophene rings is 1. The molecule has 2 atom stereocenters. The van der Waals surface area contributed by atoms with E-state index in [-0.39, 0.29) is 16.2 Å². The molecular formula is C25H30N2O6S2. The van der Waals surface area contributed by atoms with E-state index in [1.165, 1.54) is 7.11 Å². The molecule has 2 heterocycles. The van der Waals surface area contributed by atoms with E-state index in [0.717, 1.165) is 27.4 Å². The average molecular weight is 519 g/mol. The van der Waals surface area contributed by atoms with Gasteiger partial charge in [0.1, 0.15) is 15.3 Å². The maximum Gasteiger partial charge on any atom is 0.410 e. The summed E-state index contributed by atoms with van der Waals surface area (Å²) in [4.78, 5) is 27.3. The summed E-state index contributed by atoms with van der Waals surface area (Å²) < 4.78 is 39.7. The first-order chi connectivity index (χ1) is 16.4. The number of benzene rings is 1. The molecule has 1 amide bonds. The third kappa shape index (κ3) is 5.44. The van der Waals surface area contributed by atoms with Gasteiger partial charge >= 0.3 is 12.1 Å². The van der Waals surface area contributed by atoms with Crippen molar-refractivity contribution in [1.82, 2.24) is 9.62 Å². The van der Waals surface area contributed by atoms with Gasteiger partial charge in [-0.05, 0) is 56.9 Å². The van der Waals surface area contributed by atoms with Gasteiger partial charge in [0.15, 0.2) is 0 Å². The van der Waals surface area contributed by atoms with Crippen LogP contribution in [0, 0.1) is 0 Å². The fourth-order valence-electron chi connectivity index (χ4n) is 4.23. The standard InChI is InChI=1S/C25H30N2O6S2/c1-24(2,3)33-23(29)27-14-12-18(13-15-27)20-10-11-21(34-20)35(30,31)26-25(22(28)32-4)16-19(25)17-8-6-5-7-9-17/h5-12,19,26H,13-16H2,1-4H3/t19-,25-/m0/s1. The maximum atomic E-state index is 13.3. The summed E-state index contributed by atoms with van der Waals surface area (Å²) in [7, 11) is -2.70. The largest absolute Gasteiger partial charge is 0.468 e. The van der Waals surface area contributed by atoms with Crippen LogP contribution in [0.2, 0.25) is 0 Å². The number of methoxy groups -OCH3 is 1. The van der Waals surface area contributed by atoms with E-state index in [0.29, 0.717) is 25.9 Å². The smallest absolute Gasteiger partial charge is 0.410 e. The van der Waals surface area contributed by atoms with Gasteiger partial charge in [-0.2, -0.15) is 4.72 Å². The fraction of sp³-hybridized carbons (Fsp3) is 0.440. The highest BCUT2D eigenvalue weighted by atomic mass is 32.2. The van der Waals surface area contributed by atoms with E-state index < -0.39 is 27.1 Å². The molecule has 188 valence electrons. The average Bonchev–Trinajstić information content (AvgIpc) is 3.29. The Kier molecular flexibility index (Phi) is 6.82. The van der Waals surface area contributed by atoms with E-state index in [1.54, 1.807) is 17.0 Å². The number of hydrogen-bond acceptors (Lipinski definition) is 7. The van der Waals surface area contributed by atoms with E-state index in [9.17, 15) is 18.0 Å². The molecule has 1 aliphatic heterocycles. The Morgan fingerprint density at radius 1 is 1.14 bits per heavy atom. The second-order valence-electron chi connectivity index (χ2n) is 9.76. The number of ether oxygens (including phenoxy) is 2. The van der Waals surface area contributed by atoms with Gasteiger partial charge in [-0.3, -0.25) is 4.79 Å². The van der Waals surface area contributed by atoms with Crippen LogP contribution in [0.1, 0.15) is 50.0 Å². The van der Waals surface area contributed by atoms with Gasteiger partial charge in [-0.1, -0.05) is 36.4 Å². The van der Waals surface area contributed by atoms with Gasteiger partial charge in [0.2, 0.25) is 0 Å². The van der Waals surface area contributed by atoms with Crippen molar-refractivity contribution in [2.75, 3.05) is 20.2 Å². The van der Waals surface area contributed by atoms with Crippen LogP contribution in [0.3, 0.4) is 0 Å². The topological polar surface area (TPSA) is 102 Å². The molecule has 0 spiro atoms. The highest BCUT2D eigenvalue weighted by Crippen LogP contribution is 2.53. The molecule has 1 N–H and O–H groups in total. The van der Waals surface area contributed by atoms with Crippen molar-refractivity contribution < 1.29 is 27.5 Å². The van der Waals surface area contributed by atoms with Crippen LogP contribution in [-0.2, 0) is 24.3 Å². The molecule has 1 aromatic heterocycles. The van der Waals surface area contributed by atoms with Crippen LogP contribution in [0.15, 0.2) is 52.7 Å². The SMILES string of the molecule is COC(=O)[C@]1(NS(=O)(=O)c2ccc(C3=CCN(C(=O)OC(C)(C)C)CC3)s2)C[C@H]1c1ccccc1. The number of nitrogens with one attached hydrogen (secondary N) is 1. The van der Waals surface area contributed by atoms with E-state index in [4.69, 9.17) is 9.47 Å². The lowest BCUT2D eigenvalue weighted by atomic mass is 10.1. The van der Waals surface area contributed by atoms with Crippen molar-refractivity contribution in [3.8, 4) is 0 Å². The van der Waals surface area contributed by atoms with Crippen molar-refractivity contribution in [2.45, 2.75) is 54.9 Å². The molecule has 1 aromatic carbocycles. The first kappa shape index (κ1) is 25.4. The molecule has 35 heavy (non-hydrogen) atoms. The zero-order valence-corrected chi connectivity index (χ0v) is 21.9. The van der Waals surface area contributed by atoms with E-state index >= 15 is 0 Å². The van der Waals surface area contributed by atoms with E-state index in [2.05, 4.69) is 4.72 Å². The molecule has 1 aliphatic carbocycles. The summed E-state index contributed by atoms with van der Waals surface area (Å²) >= 11 is 1.15. The quantitative estimate of drug-likeness (QED) is 0.577. The third-order valence-electron chi connectivity index (χ3n) is 6.05. The lowest BCUT2D eigenvalue weighted by Crippen LogP contribution is -2.45. The number of hydrogen-bond donors (Lipinski definition) is 1. The lowest BCUT2D eigenvalue weighted by Gasteiger charge is -2.29. The summed E-state index contributed by atoms with van der Waals surface area (Å²) in [6.07, 6.45) is 2.49. The zero-order valence-electron chi connectivity index (χ0n) is 20.2. The predicted molar refractivity (Wildman–Crippen MR) is 134 cm³/mol. The number of rotatable bonds is 6. The molecule has 1 fully saturated rings. The van der Waals surface area contributed by atoms with Gasteiger partial charge in [0.05, 0.1) is 7.11 Å². The van der Waals surface area contributed by atoms with Crippen molar-refractivity contribution in [1.29, 1.82) is 0 Å². The molecular weight excluding hydrogens is 488 g/mol. The number of carbonyl (C=O) groups is 2. The Hall–Kier alpha value is -2.69. The number of nitrogens with zero attached hydrogens (tertiary/aromatic N) is 1. The second-order valence-corrected chi connectivity index (χ2v) is 12.8. The fourth-order valence-corrected chi connectivity index (χ4v) is 7.00. The van der Waals surface area contributed by atoms with Crippen LogP contribution in [0.25, 0.3) is 5.57 Å². The Bertz CT molecular complexity index is 1250. The van der Waals surface area contributed by atoms with Crippen LogP contribution in [0.4, 0.5) is 4.79 Å². The Balaban J connectivity index is 1.48. The van der Waals surface area contributed by atoms with Crippen molar-refractivity contribution in [3.05, 3.63) is 59.0 Å². The molecule has 8 nitrogen and oxygen atoms in total. The van der Waals surface area contributed by atoms with Crippen LogP contribution >= 0.6 is 11.3 Å². The first-order valence-corrected chi connectivity index (χ1v) is 13.7. The third-order valence-corrected chi connectivity index (χ3v) is 9.21. The van der Waals surface area contributed by atoms with Gasteiger partial charge in [0, 0.05) is 23.9 Å². The monoisotopic (exact) mass is 518 g/mol. The predicted octanol–water partition coefficient (Wildman–Crippen LogP) is 4.15. The minimum absolute atomic E-state index is 0.130. The van der Waals surface area contributed by atoms with Gasteiger partial charge in [-0.25, -0.2) is 13.2 Å². The molecule has 0 saturated heterocycles. The summed E-state index contributed by atoms with van der Waals surface area (Å²) in [5.74, 6) is -0.880. The van der Waals surface area contributed by atoms with Crippen LogP contribution in [0.5, 0.6) is 0 Å². The minimum Gasteiger partial charge on any atom is -0.468 e. The highest BCUT2D eigenvalue weighted by Gasteiger charge is 2.64. The highest BCUT2D eigenvalue weighted by molar-refractivity contribution is 7.91. The Morgan fingerprint density at radius 3 is 2.46 bits per heavy atom. The molecule has 10 heteroatoms. The minimum atomic E-state index is -3.96. The lowest BCUT2D eigenvalue weighted by molar-refractivity contribution is -0.144. The normalized spacial score (nSPS) is 22.3. The number of amides is 1. The summed E-state index contributed by atoms with van der Waals surface area (Å²) in [5, 5.41) is 0. The molecule has 1 saturated carbocycles. The first-order valence-electron chi connectivity index (χ1n) is 11.4. The molecule has 2 aliphatic rings. The van der Waals surface area contributed by atoms with Crippen LogP contribution in [-0.4, -0.2) is 56.7 Å². The Labute approximate surface area is 210 Å². The van der Waals surface area contributed by atoms with Crippen molar-refractivity contribution in [3.63, 3.8) is 0 Å². The molecule has 2 aromatic rings. The molecule has 0 radical (unpaired) electrons. The maximum absolute atomic E-state index is 13.3. The summed E-state index contributed by atoms with van der Waals surface area (Å²) in [6.45, 7) is 6.36. The van der Waals surface area contributed by atoms with Gasteiger partial charge in [0.25, 0.3) is 10.0 Å². The summed E-state index contributed by atoms with van der Waals surface area (Å²) in [6, 6.07) is 12.7. The van der Waals surface area contributed by atoms with Gasteiger partial charge in [-0.15, -0.1) is 11.3 Å². The summed E-state index contributed by atoms with van der Waals surface area (Å²) in [5.41, 5.74) is -0.00733. The number of carbonyl (C=O) groups excluding carboxylic acids is 2. The van der Waals surface area contributed by atoms with Gasteiger partial charge < -0.3 is 14.4 Å². The Morgan fingerprint density at radius 2 is 1.86 bits per heavy atom. The van der Waals surface area contributed by atoms with Crippen LogP contribution < -0.4 is 4.72 Å². The number of esters is 1. The molecule has 4 rings (SSSR count).